The van der Waals surface area contributed by atoms with Crippen LogP contribution >= 0.6 is 0 Å². The van der Waals surface area contributed by atoms with E-state index in [9.17, 15) is 23.1 Å². The van der Waals surface area contributed by atoms with E-state index in [1.807, 2.05) is 6.92 Å². The fraction of sp³-hybridized carbons (Fsp3) is 0.286. The molecule has 1 aromatic carbocycles. The number of aromatic hydroxyl groups is 1. The number of aryl methyl sites for hydroxylation is 1. The SMILES string of the molecule is Cc1cnc(Cn2cc(-c3cnc4c(Nc5ccc(C(=O)C6CCOCC6)c(O)c5)nccn34)c(C(F)(F)F)n2)nc1. The van der Waals surface area contributed by atoms with Crippen molar-refractivity contribution in [3.63, 3.8) is 0 Å². The molecule has 1 saturated heterocycles. The number of nitrogens with one attached hydrogen (secondary N) is 1. The van der Waals surface area contributed by atoms with E-state index >= 15 is 0 Å². The van der Waals surface area contributed by atoms with Crippen molar-refractivity contribution < 1.29 is 27.8 Å². The highest BCUT2D eigenvalue weighted by Gasteiger charge is 2.38. The summed E-state index contributed by atoms with van der Waals surface area (Å²) in [5.74, 6) is 0.0156. The van der Waals surface area contributed by atoms with Crippen LogP contribution in [0.4, 0.5) is 24.7 Å². The van der Waals surface area contributed by atoms with Crippen LogP contribution in [0, 0.1) is 12.8 Å². The van der Waals surface area contributed by atoms with Gasteiger partial charge in [-0.2, -0.15) is 18.3 Å². The van der Waals surface area contributed by atoms with Gasteiger partial charge in [0.2, 0.25) is 0 Å². The molecule has 1 aliphatic rings. The van der Waals surface area contributed by atoms with E-state index in [4.69, 9.17) is 4.74 Å². The molecule has 0 amide bonds. The number of aromatic nitrogens is 7. The molecule has 0 radical (unpaired) electrons. The second kappa shape index (κ2) is 10.9. The standard InChI is InChI=1S/C28H25F3N8O3/c1-16-11-33-23(34-12-16)15-38-14-20(25(37-38)28(29,30)31)21-13-35-27-26(32-6-7-39(21)27)36-18-2-3-19(22(40)10-18)24(41)17-4-8-42-9-5-17/h2-3,6-7,10-14,17,40H,4-5,8-9,15H2,1H3,(H,32,36). The van der Waals surface area contributed by atoms with Crippen LogP contribution < -0.4 is 5.32 Å². The zero-order valence-electron chi connectivity index (χ0n) is 22.3. The first-order valence-corrected chi connectivity index (χ1v) is 13.1. The molecule has 2 N–H and O–H groups in total. The maximum atomic E-state index is 14.0. The zero-order valence-corrected chi connectivity index (χ0v) is 22.3. The Morgan fingerprint density at radius 2 is 1.88 bits per heavy atom. The summed E-state index contributed by atoms with van der Waals surface area (Å²) in [5.41, 5.74) is 0.619. The minimum absolute atomic E-state index is 0.0506. The third-order valence-corrected chi connectivity index (χ3v) is 6.99. The molecule has 216 valence electrons. The van der Waals surface area contributed by atoms with Gasteiger partial charge in [0.1, 0.15) is 18.1 Å². The normalized spacial score (nSPS) is 14.4. The lowest BCUT2D eigenvalue weighted by Crippen LogP contribution is -2.23. The van der Waals surface area contributed by atoms with Gasteiger partial charge in [0.15, 0.2) is 22.9 Å². The number of hydrogen-bond donors (Lipinski definition) is 2. The molecule has 1 aliphatic heterocycles. The molecule has 5 aromatic rings. The van der Waals surface area contributed by atoms with Crippen LogP contribution in [-0.2, 0) is 17.5 Å². The van der Waals surface area contributed by atoms with Gasteiger partial charge in [-0.15, -0.1) is 0 Å². The van der Waals surface area contributed by atoms with Gasteiger partial charge in [0.05, 0.1) is 23.0 Å². The number of alkyl halides is 3. The summed E-state index contributed by atoms with van der Waals surface area (Å²) in [6.45, 7) is 2.77. The number of Topliss-reactive ketones (excluding diaryl/α,β-unsaturated/α-hetero) is 1. The number of phenols is 1. The van der Waals surface area contributed by atoms with E-state index in [1.54, 1.807) is 18.5 Å². The number of carbonyl (C=O) groups excluding carboxylic acids is 1. The van der Waals surface area contributed by atoms with Crippen molar-refractivity contribution in [3.05, 3.63) is 78.0 Å². The van der Waals surface area contributed by atoms with Crippen LogP contribution in [0.5, 0.6) is 5.75 Å². The first kappa shape index (κ1) is 27.3. The predicted molar refractivity (Wildman–Crippen MR) is 144 cm³/mol. The van der Waals surface area contributed by atoms with E-state index in [0.29, 0.717) is 37.6 Å². The Bertz CT molecular complexity index is 1760. The number of ether oxygens (including phenoxy) is 1. The number of carbonyl (C=O) groups is 1. The number of benzene rings is 1. The molecule has 0 unspecified atom stereocenters. The summed E-state index contributed by atoms with van der Waals surface area (Å²) >= 11 is 0. The predicted octanol–water partition coefficient (Wildman–Crippen LogP) is 4.82. The van der Waals surface area contributed by atoms with Crippen LogP contribution in [0.2, 0.25) is 0 Å². The maximum Gasteiger partial charge on any atom is 0.435 e. The van der Waals surface area contributed by atoms with Crippen LogP contribution in [0.25, 0.3) is 16.9 Å². The van der Waals surface area contributed by atoms with Gasteiger partial charge in [-0.05, 0) is 37.5 Å². The highest BCUT2D eigenvalue weighted by Crippen LogP contribution is 2.37. The molecule has 0 aliphatic carbocycles. The molecule has 6 rings (SSSR count). The molecular formula is C28H25F3N8O3. The second-order valence-corrected chi connectivity index (χ2v) is 9.98. The summed E-state index contributed by atoms with van der Waals surface area (Å²) < 4.78 is 50.1. The first-order chi connectivity index (χ1) is 20.2. The summed E-state index contributed by atoms with van der Waals surface area (Å²) in [6.07, 6.45) is 5.15. The van der Waals surface area contributed by atoms with E-state index in [0.717, 1.165) is 10.2 Å². The molecule has 0 atom stereocenters. The number of ketones is 1. The molecule has 5 heterocycles. The second-order valence-electron chi connectivity index (χ2n) is 9.98. The molecule has 1 fully saturated rings. The molecule has 42 heavy (non-hydrogen) atoms. The van der Waals surface area contributed by atoms with Crippen molar-refractivity contribution in [2.45, 2.75) is 32.5 Å². The molecular weight excluding hydrogens is 553 g/mol. The van der Waals surface area contributed by atoms with E-state index in [1.165, 1.54) is 41.3 Å². The quantitative estimate of drug-likeness (QED) is 0.261. The van der Waals surface area contributed by atoms with Crippen molar-refractivity contribution in [2.75, 3.05) is 18.5 Å². The summed E-state index contributed by atoms with van der Waals surface area (Å²) in [4.78, 5) is 29.8. The van der Waals surface area contributed by atoms with Crippen LogP contribution in [-0.4, -0.2) is 58.2 Å². The number of rotatable bonds is 7. The van der Waals surface area contributed by atoms with Crippen molar-refractivity contribution in [3.8, 4) is 17.0 Å². The monoisotopic (exact) mass is 578 g/mol. The van der Waals surface area contributed by atoms with E-state index in [2.05, 4.69) is 30.4 Å². The number of nitrogens with zero attached hydrogens (tertiary/aromatic N) is 7. The number of fused-ring (bicyclic) bond motifs is 1. The minimum Gasteiger partial charge on any atom is -0.507 e. The number of imidazole rings is 1. The third kappa shape index (κ3) is 5.40. The van der Waals surface area contributed by atoms with Gasteiger partial charge in [-0.25, -0.2) is 19.9 Å². The van der Waals surface area contributed by atoms with Gasteiger partial charge < -0.3 is 15.2 Å². The largest absolute Gasteiger partial charge is 0.507 e. The number of anilines is 2. The van der Waals surface area contributed by atoms with Crippen LogP contribution in [0.1, 0.15) is 40.3 Å². The Balaban J connectivity index is 1.30. The summed E-state index contributed by atoms with van der Waals surface area (Å²) in [6, 6.07) is 4.56. The number of halogens is 3. The summed E-state index contributed by atoms with van der Waals surface area (Å²) in [7, 11) is 0. The highest BCUT2D eigenvalue weighted by atomic mass is 19.4. The first-order valence-electron chi connectivity index (χ1n) is 13.1. The Morgan fingerprint density at radius 1 is 1.12 bits per heavy atom. The van der Waals surface area contributed by atoms with Crippen molar-refractivity contribution in [2.24, 2.45) is 5.92 Å². The van der Waals surface area contributed by atoms with E-state index < -0.39 is 11.9 Å². The van der Waals surface area contributed by atoms with Crippen molar-refractivity contribution in [1.82, 2.24) is 34.1 Å². The highest BCUT2D eigenvalue weighted by molar-refractivity contribution is 6.00. The third-order valence-electron chi connectivity index (χ3n) is 6.99. The van der Waals surface area contributed by atoms with Gasteiger partial charge in [-0.3, -0.25) is 13.9 Å². The molecule has 0 bridgehead atoms. The molecule has 11 nitrogen and oxygen atoms in total. The zero-order chi connectivity index (χ0) is 29.4. The van der Waals surface area contributed by atoms with E-state index in [-0.39, 0.29) is 52.3 Å². The minimum atomic E-state index is -4.73. The molecule has 0 spiro atoms. The molecule has 4 aromatic heterocycles. The number of phenolic OH excluding ortho intramolecular Hbond substituents is 1. The smallest absolute Gasteiger partial charge is 0.435 e. The summed E-state index contributed by atoms with van der Waals surface area (Å²) in [5, 5.41) is 17.4. The molecule has 14 heteroatoms. The lowest BCUT2D eigenvalue weighted by atomic mass is 9.90. The van der Waals surface area contributed by atoms with Gasteiger partial charge in [-0.1, -0.05) is 0 Å². The maximum absolute atomic E-state index is 14.0. The topological polar surface area (TPSA) is 132 Å². The van der Waals surface area contributed by atoms with Crippen LogP contribution in [0.15, 0.2) is 55.4 Å². The fourth-order valence-corrected chi connectivity index (χ4v) is 4.89. The average Bonchev–Trinajstić information content (AvgIpc) is 3.59. The van der Waals surface area contributed by atoms with Gasteiger partial charge in [0, 0.05) is 61.9 Å². The average molecular weight is 579 g/mol. The fourth-order valence-electron chi connectivity index (χ4n) is 4.89. The van der Waals surface area contributed by atoms with Gasteiger partial charge in [0.25, 0.3) is 0 Å². The van der Waals surface area contributed by atoms with Gasteiger partial charge >= 0.3 is 6.18 Å². The molecule has 0 saturated carbocycles. The van der Waals surface area contributed by atoms with Crippen molar-refractivity contribution >= 4 is 22.9 Å². The Morgan fingerprint density at radius 3 is 2.60 bits per heavy atom. The van der Waals surface area contributed by atoms with Crippen LogP contribution in [0.3, 0.4) is 0 Å². The Hall–Kier alpha value is -4.85. The van der Waals surface area contributed by atoms with Crippen molar-refractivity contribution in [1.29, 1.82) is 0 Å². The lowest BCUT2D eigenvalue weighted by Gasteiger charge is -2.21. The number of hydrogen-bond acceptors (Lipinski definition) is 9. The lowest BCUT2D eigenvalue weighted by molar-refractivity contribution is -0.141. The Kier molecular flexibility index (Phi) is 7.06. The Labute approximate surface area is 237 Å².